The van der Waals surface area contributed by atoms with E-state index in [-0.39, 0.29) is 18.7 Å². The highest BCUT2D eigenvalue weighted by atomic mass is 31.3. The van der Waals surface area contributed by atoms with Crippen molar-refractivity contribution >= 4 is 33.4 Å². The van der Waals surface area contributed by atoms with Crippen LogP contribution in [0.4, 0.5) is 5.82 Å². The molecule has 2 aliphatic rings. The molecule has 0 radical (unpaired) electrons. The van der Waals surface area contributed by atoms with Crippen molar-refractivity contribution in [2.45, 2.75) is 211 Å². The van der Waals surface area contributed by atoms with E-state index in [9.17, 15) is 43.5 Å². The molecule has 2 fully saturated rings. The first-order chi connectivity index (χ1) is 33.1. The lowest BCUT2D eigenvalue weighted by Crippen LogP contribution is -2.36. The van der Waals surface area contributed by atoms with E-state index in [1.165, 1.54) is 44.6 Å². The lowest BCUT2D eigenvalue weighted by molar-refractivity contribution is -0.161. The van der Waals surface area contributed by atoms with Gasteiger partial charge in [0, 0.05) is 19.0 Å². The van der Waals surface area contributed by atoms with Crippen molar-refractivity contribution < 1.29 is 71.0 Å². The summed E-state index contributed by atoms with van der Waals surface area (Å²) < 4.78 is 62.6. The van der Waals surface area contributed by atoms with Gasteiger partial charge in [-0.05, 0) is 76.7 Å². The van der Waals surface area contributed by atoms with Crippen molar-refractivity contribution in [3.05, 3.63) is 59.2 Å². The van der Waals surface area contributed by atoms with Crippen molar-refractivity contribution in [1.82, 2.24) is 9.55 Å². The number of aromatic nitrogens is 2. The lowest BCUT2D eigenvalue weighted by atomic mass is 10.1. The molecule has 21 heteroatoms. The first-order valence-corrected chi connectivity index (χ1v) is 28.1. The highest BCUT2D eigenvalue weighted by Crippen LogP contribution is 2.60. The Labute approximate surface area is 408 Å². The van der Waals surface area contributed by atoms with Gasteiger partial charge in [-0.3, -0.25) is 23.2 Å². The maximum absolute atomic E-state index is 12.9. The number of esters is 2. The molecular weight excluding hydrogens is 936 g/mol. The number of ether oxygens (including phenoxy) is 4. The van der Waals surface area contributed by atoms with Crippen LogP contribution in [0.5, 0.6) is 0 Å². The molecule has 3 rings (SSSR count). The van der Waals surface area contributed by atoms with Gasteiger partial charge in [0.1, 0.15) is 30.7 Å². The normalized spacial score (nSPS) is 22.6. The van der Waals surface area contributed by atoms with Gasteiger partial charge in [0.05, 0.1) is 25.4 Å². The maximum atomic E-state index is 12.9. The van der Waals surface area contributed by atoms with Gasteiger partial charge in [-0.15, -0.1) is 0 Å². The van der Waals surface area contributed by atoms with Gasteiger partial charge in [0.15, 0.2) is 12.3 Å². The largest absolute Gasteiger partial charge is 0.481 e. The summed E-state index contributed by atoms with van der Waals surface area (Å²) in [6.07, 6.45) is 29.5. The van der Waals surface area contributed by atoms with Crippen LogP contribution in [0.15, 0.2) is 53.5 Å². The predicted octanol–water partition coefficient (Wildman–Crippen LogP) is 8.99. The van der Waals surface area contributed by atoms with Crippen molar-refractivity contribution in [1.29, 1.82) is 0 Å². The molecule has 2 aliphatic heterocycles. The predicted molar refractivity (Wildman–Crippen MR) is 261 cm³/mol. The highest BCUT2D eigenvalue weighted by molar-refractivity contribution is 7.61. The number of carbonyl (C=O) groups is 2. The quantitative estimate of drug-likeness (QED) is 0.0135. The standard InChI is InChI=1S/C48H81N3O16P2/c1-3-5-7-9-11-12-13-14-15-16-17-18-19-23-28-32-44(53)64-38(35-61-43(52)31-27-24-20-22-26-30-40-39(65-40)29-25-21-10-8-6-4-2)36-62-68(57,58)67-69(59,60)63-37-41-45(54)46(55)47(66-41)51-34-33-42(49)50-48(51)56/h11-12,14-15,21,25,33-34,38-41,45-47,54-55H,3-10,13,16-20,22-24,26-32,35-37H2,1-2H3,(H,57,58)(H,59,60)(H2,49,50,56)/b12-11-,15-14-,25-21-/t38-,39?,40?,41-,45-,46-,47-/m1/s1. The summed E-state index contributed by atoms with van der Waals surface area (Å²) in [5.74, 6) is -1.34. The van der Waals surface area contributed by atoms with Crippen LogP contribution in [0.25, 0.3) is 0 Å². The zero-order valence-electron chi connectivity index (χ0n) is 40.8. The van der Waals surface area contributed by atoms with Gasteiger partial charge >= 0.3 is 33.3 Å². The fourth-order valence-electron chi connectivity index (χ4n) is 7.58. The number of phosphoric acid groups is 2. The van der Waals surface area contributed by atoms with Gasteiger partial charge in [0.2, 0.25) is 0 Å². The van der Waals surface area contributed by atoms with E-state index in [2.05, 4.69) is 59.6 Å². The summed E-state index contributed by atoms with van der Waals surface area (Å²) in [6, 6.07) is 1.25. The second-order valence-corrected chi connectivity index (χ2v) is 20.7. The third-order valence-electron chi connectivity index (χ3n) is 11.6. The Morgan fingerprint density at radius 3 is 1.96 bits per heavy atom. The first-order valence-electron chi connectivity index (χ1n) is 25.1. The second-order valence-electron chi connectivity index (χ2n) is 17.7. The van der Waals surface area contributed by atoms with Crippen LogP contribution < -0.4 is 11.4 Å². The average Bonchev–Trinajstić information content (AvgIpc) is 3.99. The topological polar surface area (TPSA) is 278 Å². The number of carbonyl (C=O) groups excluding carboxylic acids is 2. The first kappa shape index (κ1) is 60.2. The third-order valence-corrected chi connectivity index (χ3v) is 14.2. The molecule has 0 bridgehead atoms. The summed E-state index contributed by atoms with van der Waals surface area (Å²) in [7, 11) is -10.9. The van der Waals surface area contributed by atoms with Crippen molar-refractivity contribution in [3.8, 4) is 0 Å². The summed E-state index contributed by atoms with van der Waals surface area (Å²) in [6.45, 7) is 2.06. The van der Waals surface area contributed by atoms with Gasteiger partial charge in [-0.25, -0.2) is 13.9 Å². The monoisotopic (exact) mass is 1020 g/mol. The Morgan fingerprint density at radius 2 is 1.30 bits per heavy atom. The zero-order chi connectivity index (χ0) is 50.3. The molecule has 0 aromatic carbocycles. The van der Waals surface area contributed by atoms with E-state index in [4.69, 9.17) is 33.7 Å². The van der Waals surface area contributed by atoms with E-state index in [0.717, 1.165) is 101 Å². The molecule has 69 heavy (non-hydrogen) atoms. The number of allylic oxidation sites excluding steroid dienone is 5. The fraction of sp³-hybridized carbons (Fsp3) is 0.750. The number of rotatable bonds is 40. The molecular formula is C48H81N3O16P2. The average molecular weight is 1020 g/mol. The summed E-state index contributed by atoms with van der Waals surface area (Å²) >= 11 is 0. The van der Waals surface area contributed by atoms with Crippen LogP contribution >= 0.6 is 15.6 Å². The smallest absolute Gasteiger partial charge is 0.462 e. The Hall–Kier alpha value is -3.06. The zero-order valence-corrected chi connectivity index (χ0v) is 42.6. The summed E-state index contributed by atoms with van der Waals surface area (Å²) in [5.41, 5.74) is 4.58. The Kier molecular flexibility index (Phi) is 30.0. The summed E-state index contributed by atoms with van der Waals surface area (Å²) in [5, 5.41) is 20.9. The SMILES string of the molecule is CCCCC/C=C\C/C=C\CCCCCCCC(=O)O[C@H](COC(=O)CCCCCCCC1OC1C/C=C\CCCCC)COP(=O)(O)OP(=O)(O)OC[C@H]1O[C@@H](n2ccc(N)nc2=O)[C@H](O)[C@@H]1O. The second kappa shape index (κ2) is 34.3. The lowest BCUT2D eigenvalue weighted by Gasteiger charge is -2.21. The number of hydrogen-bond acceptors (Lipinski definition) is 16. The van der Waals surface area contributed by atoms with Crippen LogP contribution in [0.3, 0.4) is 0 Å². The number of nitrogen functional groups attached to an aromatic ring is 1. The molecule has 2 saturated heterocycles. The maximum Gasteiger partial charge on any atom is 0.481 e. The van der Waals surface area contributed by atoms with Crippen LogP contribution in [0.1, 0.15) is 174 Å². The molecule has 1 aromatic rings. The molecule has 3 heterocycles. The minimum Gasteiger partial charge on any atom is -0.462 e. The number of unbranched alkanes of at least 4 members (excludes halogenated alkanes) is 15. The van der Waals surface area contributed by atoms with Gasteiger partial charge < -0.3 is 44.7 Å². The minimum atomic E-state index is -5.43. The molecule has 19 nitrogen and oxygen atoms in total. The molecule has 0 amide bonds. The molecule has 6 N–H and O–H groups in total. The molecule has 0 saturated carbocycles. The Morgan fingerprint density at radius 1 is 0.725 bits per heavy atom. The van der Waals surface area contributed by atoms with Crippen LogP contribution in [0, 0.1) is 0 Å². The number of aliphatic hydroxyl groups excluding tert-OH is 2. The van der Waals surface area contributed by atoms with Crippen molar-refractivity contribution in [2.75, 3.05) is 25.6 Å². The molecule has 9 atom stereocenters. The highest BCUT2D eigenvalue weighted by Gasteiger charge is 2.46. The number of aliphatic hydroxyl groups is 2. The number of phosphoric ester groups is 2. The number of nitrogens with zero attached hydrogens (tertiary/aromatic N) is 2. The van der Waals surface area contributed by atoms with Crippen molar-refractivity contribution in [2.24, 2.45) is 0 Å². The Balaban J connectivity index is 1.41. The van der Waals surface area contributed by atoms with Gasteiger partial charge in [-0.2, -0.15) is 9.29 Å². The number of hydrogen-bond donors (Lipinski definition) is 5. The summed E-state index contributed by atoms with van der Waals surface area (Å²) in [4.78, 5) is 61.9. The molecule has 1 aromatic heterocycles. The van der Waals surface area contributed by atoms with Crippen LogP contribution in [0.2, 0.25) is 0 Å². The molecule has 0 aliphatic carbocycles. The fourth-order valence-corrected chi connectivity index (χ4v) is 9.69. The van der Waals surface area contributed by atoms with Crippen LogP contribution in [-0.4, -0.2) is 97.9 Å². The van der Waals surface area contributed by atoms with E-state index >= 15 is 0 Å². The number of epoxide rings is 1. The molecule has 394 valence electrons. The van der Waals surface area contributed by atoms with Gasteiger partial charge in [-0.1, -0.05) is 121 Å². The van der Waals surface area contributed by atoms with Crippen molar-refractivity contribution in [3.63, 3.8) is 0 Å². The third kappa shape index (κ3) is 26.8. The number of anilines is 1. The molecule has 0 spiro atoms. The Bertz CT molecular complexity index is 1860. The van der Waals surface area contributed by atoms with Gasteiger partial charge in [0.25, 0.3) is 0 Å². The van der Waals surface area contributed by atoms with E-state index in [1.54, 1.807) is 0 Å². The van der Waals surface area contributed by atoms with E-state index < -0.39 is 83.7 Å². The van der Waals surface area contributed by atoms with E-state index in [1.807, 2.05) is 0 Å². The molecule has 4 unspecified atom stereocenters. The van der Waals surface area contributed by atoms with Crippen LogP contribution in [-0.2, 0) is 51.0 Å². The van der Waals surface area contributed by atoms with E-state index in [0.29, 0.717) is 25.0 Å². The minimum absolute atomic E-state index is 0.0275. The number of nitrogens with two attached hydrogens (primary N) is 1.